The fourth-order valence-corrected chi connectivity index (χ4v) is 4.43. The number of pyridine rings is 1. The van der Waals surface area contributed by atoms with E-state index in [9.17, 15) is 9.59 Å². The highest BCUT2D eigenvalue weighted by Crippen LogP contribution is 2.26. The van der Waals surface area contributed by atoms with Crippen LogP contribution in [0.2, 0.25) is 0 Å². The van der Waals surface area contributed by atoms with Gasteiger partial charge >= 0.3 is 0 Å². The fraction of sp³-hybridized carbons (Fsp3) is 0.286. The van der Waals surface area contributed by atoms with Crippen LogP contribution in [0.3, 0.4) is 0 Å². The fourth-order valence-electron chi connectivity index (χ4n) is 3.37. The number of anilines is 1. The van der Waals surface area contributed by atoms with Crippen LogP contribution in [-0.2, 0) is 17.9 Å². The Labute approximate surface area is 177 Å². The number of carbonyl (C=O) groups excluding carboxylic acids is 1. The maximum atomic E-state index is 13.0. The SMILES string of the molecule is Cc1cc(NC(=O)Cn2c(C)nc3sc(C)c(C)c3c2=O)n(Cc2ccncc2)n1. The molecule has 0 bridgehead atoms. The minimum Gasteiger partial charge on any atom is -0.309 e. The van der Waals surface area contributed by atoms with Gasteiger partial charge in [0.1, 0.15) is 23.0 Å². The van der Waals surface area contributed by atoms with Gasteiger partial charge in [0, 0.05) is 23.3 Å². The van der Waals surface area contributed by atoms with Crippen molar-refractivity contribution in [2.24, 2.45) is 0 Å². The molecular weight excluding hydrogens is 400 g/mol. The van der Waals surface area contributed by atoms with Gasteiger partial charge in [0.15, 0.2) is 0 Å². The van der Waals surface area contributed by atoms with E-state index in [1.54, 1.807) is 24.0 Å². The molecule has 30 heavy (non-hydrogen) atoms. The minimum absolute atomic E-state index is 0.110. The molecule has 1 amide bonds. The average molecular weight is 423 g/mol. The summed E-state index contributed by atoms with van der Waals surface area (Å²) in [6.45, 7) is 7.90. The Morgan fingerprint density at radius 1 is 1.17 bits per heavy atom. The molecule has 0 aliphatic heterocycles. The van der Waals surface area contributed by atoms with Crippen LogP contribution in [0.5, 0.6) is 0 Å². The van der Waals surface area contributed by atoms with Crippen molar-refractivity contribution in [2.45, 2.75) is 40.8 Å². The molecule has 154 valence electrons. The molecule has 0 saturated carbocycles. The summed E-state index contributed by atoms with van der Waals surface area (Å²) in [6.07, 6.45) is 3.44. The third kappa shape index (κ3) is 3.76. The lowest BCUT2D eigenvalue weighted by molar-refractivity contribution is -0.116. The van der Waals surface area contributed by atoms with Crippen molar-refractivity contribution in [1.29, 1.82) is 0 Å². The maximum Gasteiger partial charge on any atom is 0.263 e. The van der Waals surface area contributed by atoms with Crippen LogP contribution in [0.1, 0.15) is 27.5 Å². The van der Waals surface area contributed by atoms with Crippen LogP contribution in [0.25, 0.3) is 10.2 Å². The van der Waals surface area contributed by atoms with Crippen molar-refractivity contribution in [3.05, 3.63) is 68.5 Å². The predicted molar refractivity (Wildman–Crippen MR) is 117 cm³/mol. The van der Waals surface area contributed by atoms with E-state index in [4.69, 9.17) is 0 Å². The molecule has 0 spiro atoms. The highest BCUT2D eigenvalue weighted by atomic mass is 32.1. The Balaban J connectivity index is 1.59. The average Bonchev–Trinajstić information content (AvgIpc) is 3.18. The monoisotopic (exact) mass is 422 g/mol. The molecule has 1 N–H and O–H groups in total. The lowest BCUT2D eigenvalue weighted by Crippen LogP contribution is -2.30. The van der Waals surface area contributed by atoms with Crippen LogP contribution in [0.4, 0.5) is 5.82 Å². The van der Waals surface area contributed by atoms with Gasteiger partial charge in [-0.2, -0.15) is 5.10 Å². The molecule has 8 nitrogen and oxygen atoms in total. The molecule has 0 aromatic carbocycles. The van der Waals surface area contributed by atoms with Crippen molar-refractivity contribution < 1.29 is 4.79 Å². The second-order valence-electron chi connectivity index (χ2n) is 7.25. The number of nitrogens with zero attached hydrogens (tertiary/aromatic N) is 5. The normalized spacial score (nSPS) is 11.2. The van der Waals surface area contributed by atoms with Crippen molar-refractivity contribution in [2.75, 3.05) is 5.32 Å². The van der Waals surface area contributed by atoms with Gasteiger partial charge in [-0.3, -0.25) is 19.1 Å². The van der Waals surface area contributed by atoms with E-state index in [1.807, 2.05) is 39.0 Å². The summed E-state index contributed by atoms with van der Waals surface area (Å²) in [5.74, 6) is 0.795. The highest BCUT2D eigenvalue weighted by Gasteiger charge is 2.17. The topological polar surface area (TPSA) is 94.7 Å². The predicted octanol–water partition coefficient (Wildman–Crippen LogP) is 2.97. The number of fused-ring (bicyclic) bond motifs is 1. The number of amides is 1. The summed E-state index contributed by atoms with van der Waals surface area (Å²) in [5.41, 5.74) is 2.55. The van der Waals surface area contributed by atoms with Crippen molar-refractivity contribution in [1.82, 2.24) is 24.3 Å². The Morgan fingerprint density at radius 2 is 1.90 bits per heavy atom. The van der Waals surface area contributed by atoms with Gasteiger partial charge in [0.05, 0.1) is 17.6 Å². The first-order valence-electron chi connectivity index (χ1n) is 9.54. The Kier molecular flexibility index (Phi) is 5.21. The van der Waals surface area contributed by atoms with E-state index in [-0.39, 0.29) is 18.0 Å². The number of aromatic nitrogens is 5. The maximum absolute atomic E-state index is 13.0. The van der Waals surface area contributed by atoms with Gasteiger partial charge in [-0.1, -0.05) is 0 Å². The van der Waals surface area contributed by atoms with E-state index in [0.29, 0.717) is 23.6 Å². The molecule has 0 saturated heterocycles. The first-order chi connectivity index (χ1) is 14.3. The zero-order chi connectivity index (χ0) is 21.4. The molecule has 4 aromatic heterocycles. The first kappa shape index (κ1) is 20.0. The first-order valence-corrected chi connectivity index (χ1v) is 10.4. The van der Waals surface area contributed by atoms with Gasteiger partial charge in [0.2, 0.25) is 5.91 Å². The lowest BCUT2D eigenvalue weighted by atomic mass is 10.2. The third-order valence-electron chi connectivity index (χ3n) is 5.03. The quantitative estimate of drug-likeness (QED) is 0.534. The van der Waals surface area contributed by atoms with Gasteiger partial charge in [-0.25, -0.2) is 9.67 Å². The van der Waals surface area contributed by atoms with E-state index in [2.05, 4.69) is 20.4 Å². The molecular formula is C21H22N6O2S. The van der Waals surface area contributed by atoms with Crippen LogP contribution >= 0.6 is 11.3 Å². The molecule has 0 fully saturated rings. The van der Waals surface area contributed by atoms with Crippen LogP contribution < -0.4 is 10.9 Å². The lowest BCUT2D eigenvalue weighted by Gasteiger charge is -2.12. The molecule has 0 unspecified atom stereocenters. The van der Waals surface area contributed by atoms with E-state index >= 15 is 0 Å². The number of thiophene rings is 1. The number of carbonyl (C=O) groups is 1. The van der Waals surface area contributed by atoms with Gasteiger partial charge in [-0.15, -0.1) is 11.3 Å². The second-order valence-corrected chi connectivity index (χ2v) is 8.45. The van der Waals surface area contributed by atoms with E-state index in [1.165, 1.54) is 15.9 Å². The minimum atomic E-state index is -0.304. The summed E-state index contributed by atoms with van der Waals surface area (Å²) < 4.78 is 3.15. The molecule has 4 aromatic rings. The van der Waals surface area contributed by atoms with Gasteiger partial charge in [0.25, 0.3) is 5.56 Å². The summed E-state index contributed by atoms with van der Waals surface area (Å²) in [7, 11) is 0. The number of rotatable bonds is 5. The van der Waals surface area contributed by atoms with Gasteiger partial charge in [-0.05, 0) is 51.0 Å². The Bertz CT molecular complexity index is 1300. The second kappa shape index (κ2) is 7.83. The summed E-state index contributed by atoms with van der Waals surface area (Å²) in [4.78, 5) is 36.1. The zero-order valence-electron chi connectivity index (χ0n) is 17.3. The van der Waals surface area contributed by atoms with Crippen molar-refractivity contribution in [3.8, 4) is 0 Å². The number of aryl methyl sites for hydroxylation is 4. The number of nitrogens with one attached hydrogen (secondary N) is 1. The van der Waals surface area contributed by atoms with Gasteiger partial charge < -0.3 is 5.32 Å². The van der Waals surface area contributed by atoms with E-state index in [0.717, 1.165) is 26.5 Å². The molecule has 4 heterocycles. The standard InChI is InChI=1S/C21H22N6O2S/c1-12-9-17(27(25-12)10-16-5-7-22-8-6-16)24-18(28)11-26-15(4)23-20-19(21(26)29)13(2)14(3)30-20/h5-9H,10-11H2,1-4H3,(H,24,28). The largest absolute Gasteiger partial charge is 0.309 e. The third-order valence-corrected chi connectivity index (χ3v) is 6.13. The number of hydrogen-bond acceptors (Lipinski definition) is 6. The molecule has 9 heteroatoms. The molecule has 0 radical (unpaired) electrons. The summed E-state index contributed by atoms with van der Waals surface area (Å²) in [6, 6.07) is 5.61. The van der Waals surface area contributed by atoms with Crippen molar-refractivity contribution >= 4 is 33.3 Å². The summed E-state index contributed by atoms with van der Waals surface area (Å²) in [5, 5.41) is 7.93. The Hall–Kier alpha value is -3.33. The summed E-state index contributed by atoms with van der Waals surface area (Å²) >= 11 is 1.50. The Morgan fingerprint density at radius 3 is 2.63 bits per heavy atom. The highest BCUT2D eigenvalue weighted by molar-refractivity contribution is 7.18. The van der Waals surface area contributed by atoms with Crippen LogP contribution in [0, 0.1) is 27.7 Å². The van der Waals surface area contributed by atoms with Crippen LogP contribution in [0.15, 0.2) is 35.4 Å². The molecule has 0 aliphatic rings. The van der Waals surface area contributed by atoms with Crippen LogP contribution in [-0.4, -0.2) is 30.2 Å². The molecule has 0 aliphatic carbocycles. The zero-order valence-corrected chi connectivity index (χ0v) is 18.1. The smallest absolute Gasteiger partial charge is 0.263 e. The number of hydrogen-bond donors (Lipinski definition) is 1. The molecule has 4 rings (SSSR count). The van der Waals surface area contributed by atoms with E-state index < -0.39 is 0 Å². The van der Waals surface area contributed by atoms with Crippen molar-refractivity contribution in [3.63, 3.8) is 0 Å². The molecule has 0 atom stereocenters.